The van der Waals surface area contributed by atoms with Crippen molar-refractivity contribution >= 4 is 70.4 Å². The van der Waals surface area contributed by atoms with Gasteiger partial charge in [-0.1, -0.05) is 0 Å². The van der Waals surface area contributed by atoms with Crippen LogP contribution in [-0.2, 0) is 49.4 Å². The van der Waals surface area contributed by atoms with E-state index in [-0.39, 0.29) is 152 Å². The van der Waals surface area contributed by atoms with E-state index < -0.39 is 178 Å². The van der Waals surface area contributed by atoms with Gasteiger partial charge in [-0.3, -0.25) is 39.2 Å². The summed E-state index contributed by atoms with van der Waals surface area (Å²) in [7, 11) is -38.7. The molecule has 6 aliphatic heterocycles. The lowest BCUT2D eigenvalue weighted by Gasteiger charge is -2.63. The summed E-state index contributed by atoms with van der Waals surface area (Å²) >= 11 is 0. The summed E-state index contributed by atoms with van der Waals surface area (Å²) in [5, 5.41) is 164. The Balaban J connectivity index is 1.97. The molecule has 0 aliphatic carbocycles. The first-order valence-electron chi connectivity index (χ1n) is 28.4. The number of aliphatic hydroxyl groups is 16. The van der Waals surface area contributed by atoms with Gasteiger partial charge < -0.3 is 131 Å². The molecule has 6 fully saturated rings. The van der Waals surface area contributed by atoms with Gasteiger partial charge in [-0.25, -0.2) is 0 Å². The van der Waals surface area contributed by atoms with Gasteiger partial charge in [-0.05, 0) is 51.4 Å². The molecule has 0 unspecified atom stereocenters. The van der Waals surface area contributed by atoms with Crippen LogP contribution in [-0.4, -0.2) is 351 Å². The van der Waals surface area contributed by atoms with Crippen LogP contribution in [0.15, 0.2) is 0 Å². The zero-order valence-corrected chi connectivity index (χ0v) is 55.9. The Bertz CT molecular complexity index is 1380. The summed E-state index contributed by atoms with van der Waals surface area (Å²) in [6, 6.07) is -1.31. The maximum Gasteiger partial charge on any atom is 0.478 e. The highest BCUT2D eigenvalue weighted by Crippen LogP contribution is 2.55. The van der Waals surface area contributed by atoms with E-state index in [0.717, 1.165) is 0 Å². The second kappa shape index (κ2) is 36.5. The van der Waals surface area contributed by atoms with Crippen LogP contribution in [0, 0.1) is 0 Å². The standard InChI is InChI=1S/C40H96N8O28Si8/c49-25-41(26-50)9-1-17-77-65-78(18-2-10-42(27-51)28-52)68-81(21-5-13-45(33-57)34-58)70-79(66-77,19-3-11-43(29-53)30-54)72-83(23-7-15-47(37-61)38-62)73-80(67-77,20-4-12-44(31-55)32-56)71-82(69-78,22-6-14-46(35-59)36-60)75-84(74-81,76-83)24-8-16-48(39-63)40-64/h49-64H,1-40H2. The first-order valence-corrected chi connectivity index (χ1v) is 43.8. The van der Waals surface area contributed by atoms with Crippen LogP contribution in [0.5, 0.6) is 0 Å². The molecule has 0 aromatic carbocycles. The quantitative estimate of drug-likeness (QED) is 0.0199. The van der Waals surface area contributed by atoms with E-state index in [4.69, 9.17) is 49.4 Å². The van der Waals surface area contributed by atoms with Crippen molar-refractivity contribution in [1.82, 2.24) is 39.2 Å². The number of rotatable bonds is 48. The Morgan fingerprint density at radius 3 is 0.310 bits per heavy atom. The molecule has 16 N–H and O–H groups in total. The first-order chi connectivity index (χ1) is 40.4. The van der Waals surface area contributed by atoms with Crippen LogP contribution in [0.4, 0.5) is 0 Å². The summed E-state index contributed by atoms with van der Waals surface area (Å²) in [5.74, 6) is 0. The van der Waals surface area contributed by atoms with Crippen molar-refractivity contribution < 1.29 is 131 Å². The fraction of sp³-hybridized carbons (Fsp3) is 1.00. The fourth-order valence-electron chi connectivity index (χ4n) is 10.2. The van der Waals surface area contributed by atoms with Gasteiger partial charge in [0.25, 0.3) is 0 Å². The maximum atomic E-state index is 10.3. The molecular formula is C40H96N8O28Si8. The topological polar surface area (TPSA) is 460 Å². The van der Waals surface area contributed by atoms with Crippen molar-refractivity contribution in [2.24, 2.45) is 0 Å². The molecule has 44 heteroatoms. The Morgan fingerprint density at radius 2 is 0.238 bits per heavy atom. The van der Waals surface area contributed by atoms with Crippen LogP contribution in [0.1, 0.15) is 51.4 Å². The Morgan fingerprint density at radius 1 is 0.155 bits per heavy atom. The number of hydrogen-bond donors (Lipinski definition) is 16. The van der Waals surface area contributed by atoms with Crippen LogP contribution in [0.3, 0.4) is 0 Å². The highest BCUT2D eigenvalue weighted by Gasteiger charge is 2.83. The van der Waals surface area contributed by atoms with Crippen molar-refractivity contribution in [1.29, 1.82) is 0 Å². The second-order valence-corrected chi connectivity index (χ2v) is 45.7. The lowest BCUT2D eigenvalue weighted by Crippen LogP contribution is -2.88. The highest BCUT2D eigenvalue weighted by molar-refractivity contribution is 7.03. The Kier molecular flexibility index (Phi) is 32.6. The molecule has 6 aliphatic rings. The van der Waals surface area contributed by atoms with E-state index in [0.29, 0.717) is 0 Å². The molecule has 0 aromatic rings. The van der Waals surface area contributed by atoms with Crippen LogP contribution in [0.25, 0.3) is 0 Å². The van der Waals surface area contributed by atoms with Crippen LogP contribution < -0.4 is 0 Å². The molecule has 0 aromatic heterocycles. The summed E-state index contributed by atoms with van der Waals surface area (Å²) in [6.07, 6.45) is 0.568. The predicted molar refractivity (Wildman–Crippen MR) is 301 cm³/mol. The van der Waals surface area contributed by atoms with Gasteiger partial charge in [0, 0.05) is 101 Å². The third-order valence-electron chi connectivity index (χ3n) is 14.6. The minimum absolute atomic E-state index is 0.0284. The number of aliphatic hydroxyl groups excluding tert-OH is 16. The first kappa shape index (κ1) is 75.0. The van der Waals surface area contributed by atoms with Gasteiger partial charge >= 0.3 is 70.4 Å². The smallest absolute Gasteiger partial charge is 0.381 e. The van der Waals surface area contributed by atoms with Crippen LogP contribution in [0.2, 0.25) is 48.4 Å². The molecule has 84 heavy (non-hydrogen) atoms. The largest absolute Gasteiger partial charge is 0.478 e. The zero-order valence-electron chi connectivity index (χ0n) is 47.9. The maximum absolute atomic E-state index is 10.3. The third kappa shape index (κ3) is 21.2. The van der Waals surface area contributed by atoms with Gasteiger partial charge in [0.15, 0.2) is 0 Å². The molecule has 6 heterocycles. The highest BCUT2D eigenvalue weighted by atomic mass is 28.6. The van der Waals surface area contributed by atoms with Crippen molar-refractivity contribution in [2.75, 3.05) is 160 Å². The van der Waals surface area contributed by atoms with Gasteiger partial charge in [0.1, 0.15) is 0 Å². The zero-order chi connectivity index (χ0) is 61.4. The average molecular weight is 1360 g/mol. The average Bonchev–Trinajstić information content (AvgIpc) is 0.770. The van der Waals surface area contributed by atoms with E-state index in [1.807, 2.05) is 0 Å². The number of hydrogen-bond acceptors (Lipinski definition) is 36. The molecule has 0 saturated carbocycles. The van der Waals surface area contributed by atoms with E-state index in [1.54, 1.807) is 0 Å². The molecule has 6 rings (SSSR count). The van der Waals surface area contributed by atoms with Crippen molar-refractivity contribution in [2.45, 2.75) is 99.7 Å². The predicted octanol–water partition coefficient (Wildman–Crippen LogP) is -7.50. The molecular weight excluding hydrogens is 1270 g/mol. The third-order valence-corrected chi connectivity index (χ3v) is 52.2. The summed E-state index contributed by atoms with van der Waals surface area (Å²) in [6.45, 7) is -8.61. The van der Waals surface area contributed by atoms with Gasteiger partial charge in [0.05, 0.1) is 108 Å². The number of nitrogens with zero attached hydrogens (tertiary/aromatic N) is 8. The molecule has 496 valence electrons. The lowest BCUT2D eigenvalue weighted by atomic mass is 10.4. The summed E-state index contributed by atoms with van der Waals surface area (Å²) in [4.78, 5) is 10.6. The fourth-order valence-corrected chi connectivity index (χ4v) is 60.5. The van der Waals surface area contributed by atoms with Gasteiger partial charge in [-0.15, -0.1) is 0 Å². The van der Waals surface area contributed by atoms with E-state index in [1.165, 1.54) is 39.2 Å². The van der Waals surface area contributed by atoms with Crippen molar-refractivity contribution in [3.05, 3.63) is 0 Å². The van der Waals surface area contributed by atoms with Gasteiger partial charge in [-0.2, -0.15) is 0 Å². The van der Waals surface area contributed by atoms with Crippen molar-refractivity contribution in [3.63, 3.8) is 0 Å². The molecule has 0 amide bonds. The van der Waals surface area contributed by atoms with E-state index >= 15 is 0 Å². The molecule has 0 radical (unpaired) electrons. The van der Waals surface area contributed by atoms with Gasteiger partial charge in [0.2, 0.25) is 0 Å². The Labute approximate surface area is 498 Å². The molecule has 6 saturated heterocycles. The summed E-state index contributed by atoms with van der Waals surface area (Å²) in [5.41, 5.74) is 0. The Hall–Kier alpha value is 0.295. The monoisotopic (exact) mass is 1360 g/mol. The normalized spacial score (nSPS) is 30.6. The minimum Gasteiger partial charge on any atom is -0.381 e. The van der Waals surface area contributed by atoms with Crippen LogP contribution >= 0.6 is 0 Å². The second-order valence-electron chi connectivity index (χ2n) is 20.9. The van der Waals surface area contributed by atoms with E-state index in [9.17, 15) is 81.7 Å². The van der Waals surface area contributed by atoms with Crippen molar-refractivity contribution in [3.8, 4) is 0 Å². The molecule has 0 atom stereocenters. The summed E-state index contributed by atoms with van der Waals surface area (Å²) < 4.78 is 92.7. The SMILES string of the molecule is OCN(CO)CCC[Si]12O[Si]3(CCCN(CO)CO)O[Si]4(CCCN(CO)CO)O[Si](CCCN(CO)CO)(O1)O[Si]1(CCCN(CO)CO)O[Si](CCCN(CO)CO)(O2)O[Si](CCCN(CO)CO)(O3)O[Si](CCCN(CO)CO)(O4)O1. The minimum atomic E-state index is -4.84. The van der Waals surface area contributed by atoms with E-state index in [2.05, 4.69) is 0 Å². The lowest BCUT2D eigenvalue weighted by molar-refractivity contribution is -0.0359. The molecule has 0 spiro atoms. The molecule has 8 bridgehead atoms. The molecule has 36 nitrogen and oxygen atoms in total.